The Balaban J connectivity index is 1.55. The number of hydrogen-bond donors (Lipinski definition) is 2. The van der Waals surface area contributed by atoms with Crippen molar-refractivity contribution in [1.82, 2.24) is 10.2 Å². The first-order valence-corrected chi connectivity index (χ1v) is 7.63. The van der Waals surface area contributed by atoms with Crippen LogP contribution in [0.3, 0.4) is 0 Å². The normalized spacial score (nSPS) is 13.8. The van der Waals surface area contributed by atoms with Gasteiger partial charge in [0.1, 0.15) is 5.82 Å². The van der Waals surface area contributed by atoms with Gasteiger partial charge in [-0.25, -0.2) is 0 Å². The lowest BCUT2D eigenvalue weighted by Crippen LogP contribution is -2.16. The van der Waals surface area contributed by atoms with Gasteiger partial charge in [-0.05, 0) is 42.7 Å². The van der Waals surface area contributed by atoms with Crippen LogP contribution in [0.25, 0.3) is 0 Å². The van der Waals surface area contributed by atoms with Crippen LogP contribution < -0.4 is 10.6 Å². The highest BCUT2D eigenvalue weighted by Crippen LogP contribution is 2.23. The molecule has 0 radical (unpaired) electrons. The third-order valence-electron chi connectivity index (χ3n) is 3.14. The van der Waals surface area contributed by atoms with Crippen molar-refractivity contribution in [1.29, 1.82) is 0 Å². The van der Waals surface area contributed by atoms with Gasteiger partial charge in [-0.15, -0.1) is 10.2 Å². The Labute approximate surface area is 131 Å². The third-order valence-corrected chi connectivity index (χ3v) is 3.67. The molecule has 6 heteroatoms. The summed E-state index contributed by atoms with van der Waals surface area (Å²) in [6.45, 7) is 0. The Bertz CT molecular complexity index is 623. The number of nitrogens with zero attached hydrogens (tertiary/aromatic N) is 2. The fraction of sp³-hybridized carbons (Fsp3) is 0.267. The Morgan fingerprint density at radius 1 is 1.10 bits per heavy atom. The van der Waals surface area contributed by atoms with E-state index in [1.807, 2.05) is 30.3 Å². The molecule has 0 saturated heterocycles. The van der Waals surface area contributed by atoms with Crippen molar-refractivity contribution < 1.29 is 4.79 Å². The van der Waals surface area contributed by atoms with E-state index in [-0.39, 0.29) is 5.91 Å². The molecule has 1 aliphatic rings. The summed E-state index contributed by atoms with van der Waals surface area (Å²) in [6, 6.07) is 11.8. The number of benzene rings is 1. The predicted octanol–water partition coefficient (Wildman–Crippen LogP) is 2.99. The van der Waals surface area contributed by atoms with E-state index in [1.54, 1.807) is 6.07 Å². The summed E-state index contributed by atoms with van der Waals surface area (Å²) in [7, 11) is 0. The maximum absolute atomic E-state index is 11.9. The highest BCUT2D eigenvalue weighted by molar-refractivity contribution is 9.10. The van der Waals surface area contributed by atoms with Crippen molar-refractivity contribution in [2.75, 3.05) is 10.6 Å². The van der Waals surface area contributed by atoms with Crippen LogP contribution >= 0.6 is 15.9 Å². The standard InChI is InChI=1S/C15H15BrN4O/c16-11-3-1-10(2-4-11)9-15(21)18-14-8-7-13(19-20-14)17-12-5-6-12/h1-4,7-8,12H,5-6,9H2,(H,17,19)(H,18,20,21). The SMILES string of the molecule is O=C(Cc1ccc(Br)cc1)Nc1ccc(NC2CC2)nn1. The molecule has 108 valence electrons. The zero-order chi connectivity index (χ0) is 14.7. The van der Waals surface area contributed by atoms with Crippen LogP contribution in [-0.2, 0) is 11.2 Å². The molecule has 1 fully saturated rings. The average Bonchev–Trinajstić information content (AvgIpc) is 3.28. The second-order valence-electron chi connectivity index (χ2n) is 5.07. The first-order chi connectivity index (χ1) is 10.2. The lowest BCUT2D eigenvalue weighted by molar-refractivity contribution is -0.115. The minimum absolute atomic E-state index is 0.102. The zero-order valence-corrected chi connectivity index (χ0v) is 12.9. The molecular formula is C15H15BrN4O. The monoisotopic (exact) mass is 346 g/mol. The average molecular weight is 347 g/mol. The van der Waals surface area contributed by atoms with Crippen LogP contribution in [0.1, 0.15) is 18.4 Å². The van der Waals surface area contributed by atoms with Gasteiger partial charge in [0.15, 0.2) is 5.82 Å². The van der Waals surface area contributed by atoms with Gasteiger partial charge in [0.2, 0.25) is 5.91 Å². The summed E-state index contributed by atoms with van der Waals surface area (Å²) in [5.74, 6) is 1.12. The van der Waals surface area contributed by atoms with Crippen LogP contribution in [0.5, 0.6) is 0 Å². The molecule has 1 amide bonds. The summed E-state index contributed by atoms with van der Waals surface area (Å²) >= 11 is 3.37. The van der Waals surface area contributed by atoms with Crippen LogP contribution in [0.4, 0.5) is 11.6 Å². The molecule has 0 aliphatic heterocycles. The molecule has 5 nitrogen and oxygen atoms in total. The molecule has 1 saturated carbocycles. The van der Waals surface area contributed by atoms with Gasteiger partial charge < -0.3 is 10.6 Å². The molecule has 1 aliphatic carbocycles. The lowest BCUT2D eigenvalue weighted by atomic mass is 10.1. The molecule has 2 aromatic rings. The summed E-state index contributed by atoms with van der Waals surface area (Å²) < 4.78 is 0.997. The summed E-state index contributed by atoms with van der Waals surface area (Å²) in [6.07, 6.45) is 2.69. The minimum Gasteiger partial charge on any atom is -0.366 e. The zero-order valence-electron chi connectivity index (χ0n) is 11.3. The molecule has 0 atom stereocenters. The van der Waals surface area contributed by atoms with E-state index in [1.165, 1.54) is 12.8 Å². The summed E-state index contributed by atoms with van der Waals surface area (Å²) in [5.41, 5.74) is 0.954. The molecule has 1 aromatic heterocycles. The van der Waals surface area contributed by atoms with Gasteiger partial charge in [-0.1, -0.05) is 28.1 Å². The third kappa shape index (κ3) is 4.26. The maximum atomic E-state index is 11.9. The van der Waals surface area contributed by atoms with Crippen LogP contribution in [0, 0.1) is 0 Å². The van der Waals surface area contributed by atoms with Crippen molar-refractivity contribution >= 4 is 33.5 Å². The molecule has 0 unspecified atom stereocenters. The first kappa shape index (κ1) is 14.0. The molecule has 21 heavy (non-hydrogen) atoms. The lowest BCUT2D eigenvalue weighted by Gasteiger charge is -2.06. The number of hydrogen-bond acceptors (Lipinski definition) is 4. The number of anilines is 2. The van der Waals surface area contributed by atoms with Gasteiger partial charge >= 0.3 is 0 Å². The summed E-state index contributed by atoms with van der Waals surface area (Å²) in [4.78, 5) is 11.9. The van der Waals surface area contributed by atoms with Gasteiger partial charge in [0.25, 0.3) is 0 Å². The smallest absolute Gasteiger partial charge is 0.229 e. The molecule has 0 spiro atoms. The quantitative estimate of drug-likeness (QED) is 0.873. The van der Waals surface area contributed by atoms with E-state index >= 15 is 0 Å². The van der Waals surface area contributed by atoms with Gasteiger partial charge in [-0.3, -0.25) is 4.79 Å². The highest BCUT2D eigenvalue weighted by atomic mass is 79.9. The summed E-state index contributed by atoms with van der Waals surface area (Å²) in [5, 5.41) is 14.1. The minimum atomic E-state index is -0.102. The van der Waals surface area contributed by atoms with Gasteiger partial charge in [0.05, 0.1) is 6.42 Å². The van der Waals surface area contributed by atoms with E-state index in [9.17, 15) is 4.79 Å². The van der Waals surface area contributed by atoms with Crippen molar-refractivity contribution in [3.8, 4) is 0 Å². The Morgan fingerprint density at radius 3 is 2.38 bits per heavy atom. The second-order valence-corrected chi connectivity index (χ2v) is 5.99. The van der Waals surface area contributed by atoms with E-state index < -0.39 is 0 Å². The van der Waals surface area contributed by atoms with E-state index in [4.69, 9.17) is 0 Å². The van der Waals surface area contributed by atoms with Crippen LogP contribution in [0.2, 0.25) is 0 Å². The number of carbonyl (C=O) groups is 1. The molecule has 0 bridgehead atoms. The Hall–Kier alpha value is -1.95. The fourth-order valence-corrected chi connectivity index (χ4v) is 2.15. The van der Waals surface area contributed by atoms with Gasteiger partial charge in [0, 0.05) is 10.5 Å². The largest absolute Gasteiger partial charge is 0.366 e. The number of rotatable bonds is 5. The number of nitrogens with one attached hydrogen (secondary N) is 2. The fourth-order valence-electron chi connectivity index (χ4n) is 1.89. The van der Waals surface area contributed by atoms with Crippen molar-refractivity contribution in [2.24, 2.45) is 0 Å². The van der Waals surface area contributed by atoms with Crippen molar-refractivity contribution in [3.05, 3.63) is 46.4 Å². The van der Waals surface area contributed by atoms with Crippen molar-refractivity contribution in [3.63, 3.8) is 0 Å². The molecule has 3 rings (SSSR count). The number of halogens is 1. The maximum Gasteiger partial charge on any atom is 0.229 e. The van der Waals surface area contributed by atoms with E-state index in [0.29, 0.717) is 18.3 Å². The number of aromatic nitrogens is 2. The number of carbonyl (C=O) groups excluding carboxylic acids is 1. The molecule has 1 aromatic carbocycles. The number of amides is 1. The Kier molecular flexibility index (Phi) is 4.15. The predicted molar refractivity (Wildman–Crippen MR) is 85.2 cm³/mol. The van der Waals surface area contributed by atoms with E-state index in [0.717, 1.165) is 15.9 Å². The van der Waals surface area contributed by atoms with Crippen LogP contribution in [-0.4, -0.2) is 22.1 Å². The molecule has 1 heterocycles. The highest BCUT2D eigenvalue weighted by Gasteiger charge is 2.21. The molecule has 2 N–H and O–H groups in total. The van der Waals surface area contributed by atoms with Gasteiger partial charge in [-0.2, -0.15) is 0 Å². The van der Waals surface area contributed by atoms with E-state index in [2.05, 4.69) is 36.8 Å². The second kappa shape index (κ2) is 6.22. The van der Waals surface area contributed by atoms with Crippen LogP contribution in [0.15, 0.2) is 40.9 Å². The van der Waals surface area contributed by atoms with Crippen molar-refractivity contribution in [2.45, 2.75) is 25.3 Å². The first-order valence-electron chi connectivity index (χ1n) is 6.83. The topological polar surface area (TPSA) is 66.9 Å². The molecular weight excluding hydrogens is 332 g/mol. The Morgan fingerprint density at radius 2 is 1.76 bits per heavy atom.